The minimum atomic E-state index is -2.50. The summed E-state index contributed by atoms with van der Waals surface area (Å²) in [6.45, 7) is -5.00. The first-order chi connectivity index (χ1) is 18.9. The third-order valence-electron chi connectivity index (χ3n) is 7.98. The van der Waals surface area contributed by atoms with E-state index >= 15 is 0 Å². The van der Waals surface area contributed by atoms with E-state index in [0.717, 1.165) is 22.1 Å². The maximum atomic E-state index is 11.9. The molecule has 0 amide bonds. The second-order valence-corrected chi connectivity index (χ2v) is 10.0. The van der Waals surface area contributed by atoms with Crippen molar-refractivity contribution in [3.05, 3.63) is 107 Å². The fourth-order valence-electron chi connectivity index (χ4n) is 6.29. The third-order valence-corrected chi connectivity index (χ3v) is 7.98. The molecule has 2 spiro atoms. The molecule has 4 aliphatic heterocycles. The van der Waals surface area contributed by atoms with Gasteiger partial charge in [0.05, 0.1) is 11.1 Å². The fourth-order valence-corrected chi connectivity index (χ4v) is 6.29. The van der Waals surface area contributed by atoms with Gasteiger partial charge >= 0.3 is 25.3 Å². The van der Waals surface area contributed by atoms with Gasteiger partial charge in [-0.2, -0.15) is 0 Å². The maximum absolute atomic E-state index is 11.9. The number of fused-ring (bicyclic) bond motifs is 6. The Hall–Kier alpha value is -5.15. The Morgan fingerprint density at radius 3 is 1.49 bits per heavy atom. The number of aromatic carboxylic acids is 2. The number of nitrogens with zero attached hydrogens (tertiary/aromatic N) is 2. The van der Waals surface area contributed by atoms with Gasteiger partial charge in [-0.3, -0.25) is 0 Å². The van der Waals surface area contributed by atoms with Crippen molar-refractivity contribution < 1.29 is 42.7 Å². The highest BCUT2D eigenvalue weighted by molar-refractivity contribution is 6.90. The van der Waals surface area contributed by atoms with Crippen LogP contribution in [0.4, 0.5) is 11.4 Å². The van der Waals surface area contributed by atoms with Crippen LogP contribution in [0.3, 0.4) is 0 Å². The second-order valence-electron chi connectivity index (χ2n) is 10.0. The average molecular weight is 516 g/mol. The van der Waals surface area contributed by atoms with Gasteiger partial charge in [-0.15, -0.1) is 0 Å². The molecule has 11 heteroatoms. The second kappa shape index (κ2) is 7.24. The van der Waals surface area contributed by atoms with Gasteiger partial charge in [0.1, 0.15) is 23.9 Å². The molecular weight excluding hydrogens is 498 g/mol. The predicted octanol–water partition coefficient (Wildman–Crippen LogP) is 2.43. The first-order valence-electron chi connectivity index (χ1n) is 12.5. The van der Waals surface area contributed by atoms with Crippen LogP contribution in [-0.4, -0.2) is 56.9 Å². The maximum Gasteiger partial charge on any atom is 0.597 e. The van der Waals surface area contributed by atoms with Crippen LogP contribution in [0.1, 0.15) is 31.8 Å². The van der Waals surface area contributed by atoms with Crippen molar-refractivity contribution in [1.29, 1.82) is 0 Å². The van der Waals surface area contributed by atoms with Crippen molar-refractivity contribution in [3.8, 4) is 11.5 Å². The zero-order valence-electron chi connectivity index (χ0n) is 20.2. The topological polar surface area (TPSA) is 108 Å². The molecule has 39 heavy (non-hydrogen) atoms. The van der Waals surface area contributed by atoms with Crippen LogP contribution >= 0.6 is 0 Å². The summed E-state index contributed by atoms with van der Waals surface area (Å²) < 4.78 is 24.4. The highest BCUT2D eigenvalue weighted by atomic mass is 16.7. The Kier molecular flexibility index (Phi) is 4.06. The van der Waals surface area contributed by atoms with Gasteiger partial charge in [0.15, 0.2) is 11.4 Å². The number of carboxylic acid groups (broad SMARTS) is 2. The van der Waals surface area contributed by atoms with Crippen LogP contribution in [0.15, 0.2) is 84.9 Å². The van der Waals surface area contributed by atoms with Crippen molar-refractivity contribution in [2.45, 2.75) is 0 Å². The average Bonchev–Trinajstić information content (AvgIpc) is 3.32. The summed E-state index contributed by atoms with van der Waals surface area (Å²) in [5.41, 5.74) is 4.43. The van der Waals surface area contributed by atoms with E-state index in [4.69, 9.17) is 13.9 Å². The number of hydrogen-bond donors (Lipinski definition) is 2. The molecule has 0 saturated carbocycles. The Balaban J connectivity index is 1.48. The highest BCUT2D eigenvalue weighted by Crippen LogP contribution is 2.47. The molecule has 4 aromatic carbocycles. The summed E-state index contributed by atoms with van der Waals surface area (Å²) in [4.78, 5) is 23.8. The lowest BCUT2D eigenvalue weighted by Gasteiger charge is -2.40. The van der Waals surface area contributed by atoms with E-state index in [9.17, 15) is 19.8 Å². The Morgan fingerprint density at radius 2 is 1.05 bits per heavy atom. The number of rotatable bonds is 2. The summed E-state index contributed by atoms with van der Waals surface area (Å²) in [6.07, 6.45) is 3.83. The van der Waals surface area contributed by atoms with Gasteiger partial charge in [-0.25, -0.2) is 9.59 Å². The summed E-state index contributed by atoms with van der Waals surface area (Å²) in [7, 11) is 0. The SMILES string of the molecule is O=C(O)c1ccc2c(c1)[N+]1=Cc3ccccc3[B-]34Oc5ccc(C(=O)O)cc5[N+]3=Cc3ccccc3[B-]1(O2)O4. The monoisotopic (exact) mass is 516 g/mol. The van der Waals surface area contributed by atoms with E-state index in [0.29, 0.717) is 22.9 Å². The summed E-state index contributed by atoms with van der Waals surface area (Å²) in [5.74, 6) is -1.14. The largest absolute Gasteiger partial charge is 0.628 e. The molecule has 8 rings (SSSR count). The molecule has 2 unspecified atom stereocenters. The smallest absolute Gasteiger partial charge is 0.597 e. The van der Waals surface area contributed by atoms with Crippen LogP contribution in [0, 0.1) is 0 Å². The van der Waals surface area contributed by atoms with Crippen molar-refractivity contribution in [1.82, 2.24) is 0 Å². The summed E-state index contributed by atoms with van der Waals surface area (Å²) in [5, 5.41) is 19.4. The van der Waals surface area contributed by atoms with Gasteiger partial charge < -0.3 is 33.1 Å². The molecule has 188 valence electrons. The van der Waals surface area contributed by atoms with Crippen molar-refractivity contribution >= 4 is 60.0 Å². The van der Waals surface area contributed by atoms with E-state index in [2.05, 4.69) is 0 Å². The molecule has 2 atom stereocenters. The van der Waals surface area contributed by atoms with Crippen LogP contribution in [0.5, 0.6) is 11.5 Å². The molecule has 2 N–H and O–H groups in total. The molecule has 9 nitrogen and oxygen atoms in total. The van der Waals surface area contributed by atoms with Crippen LogP contribution in [0.2, 0.25) is 0 Å². The summed E-state index contributed by atoms with van der Waals surface area (Å²) >= 11 is 0. The normalized spacial score (nSPS) is 22.6. The lowest BCUT2D eigenvalue weighted by Crippen LogP contribution is -2.71. The van der Waals surface area contributed by atoms with Gasteiger partial charge in [-0.05, 0) is 35.2 Å². The van der Waals surface area contributed by atoms with E-state index < -0.39 is 25.3 Å². The van der Waals surface area contributed by atoms with E-state index in [1.807, 2.05) is 69.9 Å². The predicted molar refractivity (Wildman–Crippen MR) is 143 cm³/mol. The quantitative estimate of drug-likeness (QED) is 0.395. The zero-order valence-corrected chi connectivity index (χ0v) is 20.2. The lowest BCUT2D eigenvalue weighted by atomic mass is 9.55. The molecule has 0 radical (unpaired) electrons. The first-order valence-corrected chi connectivity index (χ1v) is 12.5. The standard InChI is InChI=1S/C28H18B2N2O7/c33-27(34)17-9-11-25-23(13-17)31-15-19-5-1-3-7-21(19)29-32(24-14-18(28(35)36)10-12-26(24)37-29)16-20-6-2-4-8-22(20)30(31,38-25)39-29/h1-16H,(H,33,34)(H,35,36). The molecule has 2 bridgehead atoms. The molecule has 0 saturated heterocycles. The molecule has 0 fully saturated rings. The van der Waals surface area contributed by atoms with E-state index in [1.54, 1.807) is 24.3 Å². The summed E-state index contributed by atoms with van der Waals surface area (Å²) in [6, 6.07) is 24.8. The lowest BCUT2D eigenvalue weighted by molar-refractivity contribution is -0.335. The Bertz CT molecular complexity index is 1750. The molecule has 0 aliphatic carbocycles. The number of carbonyl (C=O) groups is 2. The van der Waals surface area contributed by atoms with Crippen molar-refractivity contribution in [2.24, 2.45) is 0 Å². The Labute approximate surface area is 221 Å². The molecule has 4 heterocycles. The van der Waals surface area contributed by atoms with Gasteiger partial charge in [0.25, 0.3) is 0 Å². The minimum absolute atomic E-state index is 0.122. The number of hydrogen-bond acceptors (Lipinski definition) is 5. The fraction of sp³-hybridized carbons (Fsp3) is 0. The molecule has 4 aromatic rings. The third kappa shape index (κ3) is 2.74. The minimum Gasteiger partial charge on any atom is -0.628 e. The number of carboxylic acids is 2. The highest BCUT2D eigenvalue weighted by Gasteiger charge is 2.66. The molecule has 0 aromatic heterocycles. The zero-order chi connectivity index (χ0) is 26.5. The first kappa shape index (κ1) is 21.9. The van der Waals surface area contributed by atoms with E-state index in [-0.39, 0.29) is 11.1 Å². The molecule has 4 aliphatic rings. The van der Waals surface area contributed by atoms with Crippen molar-refractivity contribution in [3.63, 3.8) is 0 Å². The molecular formula is C28H18B2N2O7. The van der Waals surface area contributed by atoms with Gasteiger partial charge in [0, 0.05) is 23.3 Å². The van der Waals surface area contributed by atoms with Gasteiger partial charge in [-0.1, -0.05) is 48.5 Å². The van der Waals surface area contributed by atoms with Crippen LogP contribution in [-0.2, 0) is 4.57 Å². The number of benzene rings is 4. The van der Waals surface area contributed by atoms with Crippen LogP contribution in [0.25, 0.3) is 0 Å². The van der Waals surface area contributed by atoms with Gasteiger partial charge in [0.2, 0.25) is 0 Å². The van der Waals surface area contributed by atoms with Crippen LogP contribution < -0.4 is 20.2 Å². The van der Waals surface area contributed by atoms with E-state index in [1.165, 1.54) is 12.1 Å². The Morgan fingerprint density at radius 1 is 0.615 bits per heavy atom. The van der Waals surface area contributed by atoms with Crippen molar-refractivity contribution in [2.75, 3.05) is 0 Å².